The van der Waals surface area contributed by atoms with Crippen molar-refractivity contribution in [3.05, 3.63) is 65.0 Å². The van der Waals surface area contributed by atoms with Gasteiger partial charge < -0.3 is 19.6 Å². The van der Waals surface area contributed by atoms with Gasteiger partial charge in [-0.3, -0.25) is 9.59 Å². The summed E-state index contributed by atoms with van der Waals surface area (Å²) in [7, 11) is 1.45. The lowest BCUT2D eigenvalue weighted by Crippen LogP contribution is -2.38. The minimum atomic E-state index is -0.614. The molecule has 0 aliphatic carbocycles. The average molecular weight is 412 g/mol. The highest BCUT2D eigenvalue weighted by Crippen LogP contribution is 2.46. The number of carbonyl (C=O) groups excluding carboxylic acids is 2. The Morgan fingerprint density at radius 1 is 1.17 bits per heavy atom. The van der Waals surface area contributed by atoms with Crippen molar-refractivity contribution >= 4 is 11.8 Å². The molecule has 3 atom stereocenters. The zero-order chi connectivity index (χ0) is 21.4. The zero-order valence-corrected chi connectivity index (χ0v) is 17.0. The number of carbonyl (C=O) groups is 2. The van der Waals surface area contributed by atoms with E-state index in [9.17, 15) is 19.1 Å². The molecule has 6 nitrogen and oxygen atoms in total. The fourth-order valence-electron chi connectivity index (χ4n) is 4.83. The molecule has 1 N–H and O–H groups in total. The third-order valence-corrected chi connectivity index (χ3v) is 6.33. The first kappa shape index (κ1) is 20.3. The fourth-order valence-corrected chi connectivity index (χ4v) is 4.83. The van der Waals surface area contributed by atoms with Gasteiger partial charge >= 0.3 is 0 Å². The van der Waals surface area contributed by atoms with Crippen LogP contribution in [0.5, 0.6) is 5.75 Å². The summed E-state index contributed by atoms with van der Waals surface area (Å²) in [6.07, 6.45) is 0. The molecular weight excluding hydrogens is 387 g/mol. The summed E-state index contributed by atoms with van der Waals surface area (Å²) in [5, 5.41) is 9.24. The number of hydrogen-bond acceptors (Lipinski definition) is 4. The Balaban J connectivity index is 1.70. The van der Waals surface area contributed by atoms with Crippen LogP contribution in [0.25, 0.3) is 0 Å². The van der Waals surface area contributed by atoms with Gasteiger partial charge in [-0.25, -0.2) is 4.39 Å². The molecule has 7 heteroatoms. The third-order valence-electron chi connectivity index (χ3n) is 6.33. The molecule has 0 spiro atoms. The van der Waals surface area contributed by atoms with E-state index in [-0.39, 0.29) is 35.3 Å². The summed E-state index contributed by atoms with van der Waals surface area (Å²) < 4.78 is 19.7. The molecule has 0 aromatic heterocycles. The van der Waals surface area contributed by atoms with Gasteiger partial charge in [-0.2, -0.15) is 0 Å². The van der Waals surface area contributed by atoms with Crippen LogP contribution in [0.1, 0.15) is 27.5 Å². The summed E-state index contributed by atoms with van der Waals surface area (Å²) in [5.74, 6) is -0.806. The number of rotatable bonds is 4. The fraction of sp³-hybridized carbons (Fsp3) is 0.391. The summed E-state index contributed by atoms with van der Waals surface area (Å²) in [6, 6.07) is 11.8. The average Bonchev–Trinajstić information content (AvgIpc) is 3.31. The van der Waals surface area contributed by atoms with Crippen molar-refractivity contribution in [1.82, 2.24) is 9.80 Å². The summed E-state index contributed by atoms with van der Waals surface area (Å²) in [4.78, 5) is 28.8. The van der Waals surface area contributed by atoms with E-state index in [0.29, 0.717) is 25.4 Å². The maximum absolute atomic E-state index is 14.6. The number of aliphatic hydroxyl groups excluding tert-OH is 1. The van der Waals surface area contributed by atoms with Gasteiger partial charge in [0.25, 0.3) is 5.91 Å². The smallest absolute Gasteiger partial charge is 0.257 e. The quantitative estimate of drug-likeness (QED) is 0.837. The molecular formula is C23H25FN2O4. The van der Waals surface area contributed by atoms with E-state index < -0.39 is 12.4 Å². The van der Waals surface area contributed by atoms with Gasteiger partial charge in [0.1, 0.15) is 18.2 Å². The second kappa shape index (κ2) is 8.07. The molecule has 2 fully saturated rings. The molecule has 2 aromatic rings. The number of hydrogen-bond donors (Lipinski definition) is 1. The number of halogens is 1. The van der Waals surface area contributed by atoms with E-state index in [0.717, 1.165) is 11.1 Å². The van der Waals surface area contributed by atoms with Crippen molar-refractivity contribution in [2.45, 2.75) is 13.0 Å². The molecule has 0 bridgehead atoms. The SMILES string of the molecule is COc1ccc(C(=O)N2C[C@@H]3CN(C(=O)CO)C[C@@H]3[C@H]2c2ccccc2C)c(F)c1. The number of amides is 2. The number of aliphatic hydroxyl groups is 1. The molecule has 158 valence electrons. The second-order valence-electron chi connectivity index (χ2n) is 7.99. The number of likely N-dealkylation sites (tertiary alicyclic amines) is 2. The monoisotopic (exact) mass is 412 g/mol. The Morgan fingerprint density at radius 2 is 1.93 bits per heavy atom. The van der Waals surface area contributed by atoms with Gasteiger partial charge in [0.2, 0.25) is 5.91 Å². The molecule has 0 radical (unpaired) electrons. The van der Waals surface area contributed by atoms with Crippen LogP contribution in [-0.2, 0) is 4.79 Å². The molecule has 0 saturated carbocycles. The first-order valence-electron chi connectivity index (χ1n) is 10.0. The molecule has 2 aromatic carbocycles. The van der Waals surface area contributed by atoms with Crippen LogP contribution < -0.4 is 4.74 Å². The Morgan fingerprint density at radius 3 is 2.60 bits per heavy atom. The molecule has 30 heavy (non-hydrogen) atoms. The number of methoxy groups -OCH3 is 1. The van der Waals surface area contributed by atoms with E-state index in [2.05, 4.69) is 0 Å². The van der Waals surface area contributed by atoms with Gasteiger partial charge in [0.05, 0.1) is 18.7 Å². The summed E-state index contributed by atoms with van der Waals surface area (Å²) in [6.45, 7) is 2.86. The Kier molecular flexibility index (Phi) is 5.47. The van der Waals surface area contributed by atoms with Crippen molar-refractivity contribution in [2.24, 2.45) is 11.8 Å². The van der Waals surface area contributed by atoms with Crippen LogP contribution >= 0.6 is 0 Å². The van der Waals surface area contributed by atoms with Gasteiger partial charge in [0, 0.05) is 37.5 Å². The van der Waals surface area contributed by atoms with E-state index in [1.54, 1.807) is 15.9 Å². The van der Waals surface area contributed by atoms with Crippen LogP contribution in [0.4, 0.5) is 4.39 Å². The first-order valence-corrected chi connectivity index (χ1v) is 10.0. The predicted octanol–water partition coefficient (Wildman–Crippen LogP) is 2.41. The summed E-state index contributed by atoms with van der Waals surface area (Å²) >= 11 is 0. The lowest BCUT2D eigenvalue weighted by atomic mass is 9.87. The van der Waals surface area contributed by atoms with Gasteiger partial charge in [-0.05, 0) is 30.2 Å². The maximum Gasteiger partial charge on any atom is 0.257 e. The largest absolute Gasteiger partial charge is 0.497 e. The van der Waals surface area contributed by atoms with Crippen molar-refractivity contribution in [2.75, 3.05) is 33.4 Å². The van der Waals surface area contributed by atoms with E-state index in [1.165, 1.54) is 19.2 Å². The predicted molar refractivity (Wildman–Crippen MR) is 109 cm³/mol. The molecule has 4 rings (SSSR count). The van der Waals surface area contributed by atoms with Crippen LogP contribution in [0.3, 0.4) is 0 Å². The minimum absolute atomic E-state index is 0.0117. The number of nitrogens with zero attached hydrogens (tertiary/aromatic N) is 2. The number of ether oxygens (including phenoxy) is 1. The molecule has 2 aliphatic rings. The molecule has 2 saturated heterocycles. The highest BCUT2D eigenvalue weighted by Gasteiger charge is 2.50. The Labute approximate surface area is 174 Å². The molecule has 2 heterocycles. The molecule has 2 aliphatic heterocycles. The highest BCUT2D eigenvalue weighted by molar-refractivity contribution is 5.95. The van der Waals surface area contributed by atoms with Crippen LogP contribution in [0.15, 0.2) is 42.5 Å². The van der Waals surface area contributed by atoms with E-state index in [1.807, 2.05) is 31.2 Å². The van der Waals surface area contributed by atoms with Gasteiger partial charge in [-0.1, -0.05) is 24.3 Å². The summed E-state index contributed by atoms with van der Waals surface area (Å²) in [5.41, 5.74) is 2.06. The number of fused-ring (bicyclic) bond motifs is 1. The van der Waals surface area contributed by atoms with E-state index >= 15 is 0 Å². The number of benzene rings is 2. The van der Waals surface area contributed by atoms with Crippen LogP contribution in [0.2, 0.25) is 0 Å². The van der Waals surface area contributed by atoms with Crippen LogP contribution in [-0.4, -0.2) is 60.1 Å². The van der Waals surface area contributed by atoms with Crippen molar-refractivity contribution in [3.63, 3.8) is 0 Å². The Bertz CT molecular complexity index is 979. The standard InChI is InChI=1S/C23H25FN2O4/c1-14-5-3-4-6-17(14)22-19-12-25(21(28)13-27)10-15(19)11-26(22)23(29)18-8-7-16(30-2)9-20(18)24/h3-9,15,19,22,27H,10-13H2,1-2H3/t15-,19-,22+/m0/s1. The van der Waals surface area contributed by atoms with Crippen LogP contribution in [0, 0.1) is 24.6 Å². The molecule has 0 unspecified atom stereocenters. The van der Waals surface area contributed by atoms with Gasteiger partial charge in [-0.15, -0.1) is 0 Å². The van der Waals surface area contributed by atoms with Crippen molar-refractivity contribution < 1.29 is 23.8 Å². The highest BCUT2D eigenvalue weighted by atomic mass is 19.1. The lowest BCUT2D eigenvalue weighted by Gasteiger charge is -2.31. The topological polar surface area (TPSA) is 70.1 Å². The lowest BCUT2D eigenvalue weighted by molar-refractivity contribution is -0.133. The van der Waals surface area contributed by atoms with Crippen molar-refractivity contribution in [1.29, 1.82) is 0 Å². The third kappa shape index (κ3) is 3.43. The molecule has 2 amide bonds. The normalized spacial score (nSPS) is 22.9. The first-order chi connectivity index (χ1) is 14.4. The Hall–Kier alpha value is -2.93. The number of aryl methyl sites for hydroxylation is 1. The second-order valence-corrected chi connectivity index (χ2v) is 7.99. The minimum Gasteiger partial charge on any atom is -0.497 e. The maximum atomic E-state index is 14.6. The van der Waals surface area contributed by atoms with E-state index in [4.69, 9.17) is 4.74 Å². The van der Waals surface area contributed by atoms with Crippen molar-refractivity contribution in [3.8, 4) is 5.75 Å². The van der Waals surface area contributed by atoms with Gasteiger partial charge in [0.15, 0.2) is 0 Å². The zero-order valence-electron chi connectivity index (χ0n) is 17.0.